The zero-order valence-corrected chi connectivity index (χ0v) is 10.8. The van der Waals surface area contributed by atoms with Crippen LogP contribution < -0.4 is 0 Å². The van der Waals surface area contributed by atoms with Gasteiger partial charge in [-0.15, -0.1) is 0 Å². The molecule has 0 N–H and O–H groups in total. The first-order valence-corrected chi connectivity index (χ1v) is 6.44. The number of hydrogen-bond acceptors (Lipinski definition) is 1. The molecule has 86 valence electrons. The fourth-order valence-corrected chi connectivity index (χ4v) is 2.03. The molecular weight excluding hydrogens is 170 g/mol. The molecule has 1 fully saturated rings. The Morgan fingerprint density at radius 1 is 1.29 bits per heavy atom. The van der Waals surface area contributed by atoms with Crippen LogP contribution in [0.3, 0.4) is 0 Å². The van der Waals surface area contributed by atoms with Crippen LogP contribution in [0, 0.1) is 5.92 Å². The molecule has 14 heavy (non-hydrogen) atoms. The molecule has 1 aliphatic heterocycles. The molecular formula is C13H29N. The third-order valence-corrected chi connectivity index (χ3v) is 2.92. The van der Waals surface area contributed by atoms with E-state index in [-0.39, 0.29) is 0 Å². The summed E-state index contributed by atoms with van der Waals surface area (Å²) in [5.74, 6) is 0.878. The second-order valence-electron chi connectivity index (χ2n) is 4.56. The van der Waals surface area contributed by atoms with Gasteiger partial charge in [-0.25, -0.2) is 0 Å². The van der Waals surface area contributed by atoms with Gasteiger partial charge in [0.1, 0.15) is 0 Å². The largest absolute Gasteiger partial charge is 0.301 e. The van der Waals surface area contributed by atoms with Crippen molar-refractivity contribution < 1.29 is 0 Å². The van der Waals surface area contributed by atoms with Gasteiger partial charge in [-0.05, 0) is 51.6 Å². The van der Waals surface area contributed by atoms with E-state index >= 15 is 0 Å². The Morgan fingerprint density at radius 2 is 1.93 bits per heavy atom. The molecule has 1 aliphatic rings. The summed E-state index contributed by atoms with van der Waals surface area (Å²) in [6, 6.07) is 0.858. The van der Waals surface area contributed by atoms with Crippen LogP contribution in [0.15, 0.2) is 0 Å². The average molecular weight is 199 g/mol. The smallest absolute Gasteiger partial charge is 0.00674 e. The van der Waals surface area contributed by atoms with E-state index in [0.29, 0.717) is 0 Å². The van der Waals surface area contributed by atoms with Crippen molar-refractivity contribution in [2.45, 2.75) is 66.3 Å². The van der Waals surface area contributed by atoms with Gasteiger partial charge in [0.2, 0.25) is 0 Å². The lowest BCUT2D eigenvalue weighted by Crippen LogP contribution is -2.27. The van der Waals surface area contributed by atoms with Crippen LogP contribution in [-0.2, 0) is 0 Å². The topological polar surface area (TPSA) is 3.24 Å². The molecule has 0 bridgehead atoms. The second kappa shape index (κ2) is 8.28. The normalized spacial score (nSPS) is 22.3. The number of rotatable bonds is 4. The molecule has 0 saturated carbocycles. The summed E-state index contributed by atoms with van der Waals surface area (Å²) < 4.78 is 0. The fraction of sp³-hybridized carbons (Fsp3) is 1.00. The molecule has 1 heteroatoms. The molecule has 0 aromatic heterocycles. The lowest BCUT2D eigenvalue weighted by Gasteiger charge is -2.20. The Balaban J connectivity index is 0.000000791. The van der Waals surface area contributed by atoms with Crippen molar-refractivity contribution in [1.29, 1.82) is 0 Å². The van der Waals surface area contributed by atoms with Crippen LogP contribution in [0.1, 0.15) is 60.3 Å². The lowest BCUT2D eigenvalue weighted by atomic mass is 10.1. The summed E-state index contributed by atoms with van der Waals surface area (Å²) in [6.45, 7) is 13.7. The van der Waals surface area contributed by atoms with Crippen molar-refractivity contribution in [1.82, 2.24) is 4.90 Å². The minimum absolute atomic E-state index is 0.858. The minimum Gasteiger partial charge on any atom is -0.301 e. The number of hydrogen-bond donors (Lipinski definition) is 0. The van der Waals surface area contributed by atoms with E-state index in [1.165, 1.54) is 38.8 Å². The van der Waals surface area contributed by atoms with E-state index in [1.54, 1.807) is 0 Å². The van der Waals surface area contributed by atoms with E-state index in [4.69, 9.17) is 0 Å². The van der Waals surface area contributed by atoms with Gasteiger partial charge in [0.15, 0.2) is 0 Å². The van der Waals surface area contributed by atoms with E-state index in [9.17, 15) is 0 Å². The molecule has 1 heterocycles. The zero-order valence-electron chi connectivity index (χ0n) is 10.8. The molecule has 1 atom stereocenters. The number of nitrogens with zero attached hydrogens (tertiary/aromatic N) is 1. The first kappa shape index (κ1) is 14.0. The van der Waals surface area contributed by atoms with E-state index < -0.39 is 0 Å². The maximum absolute atomic E-state index is 2.64. The standard InChI is InChI=1S/C11H23N.C2H6/c1-10(2)6-4-8-12-9-5-7-11(12)3;1-2/h10-11H,4-9H2,1-3H3;1-2H3. The van der Waals surface area contributed by atoms with Crippen molar-refractivity contribution in [3.05, 3.63) is 0 Å². The molecule has 1 rings (SSSR count). The van der Waals surface area contributed by atoms with Gasteiger partial charge in [-0.3, -0.25) is 0 Å². The Bertz CT molecular complexity index is 120. The first-order valence-electron chi connectivity index (χ1n) is 6.44. The predicted molar refractivity (Wildman–Crippen MR) is 65.7 cm³/mol. The van der Waals surface area contributed by atoms with Gasteiger partial charge >= 0.3 is 0 Å². The summed E-state index contributed by atoms with van der Waals surface area (Å²) in [5, 5.41) is 0. The van der Waals surface area contributed by atoms with Crippen molar-refractivity contribution in [3.63, 3.8) is 0 Å². The predicted octanol–water partition coefficient (Wildman–Crippen LogP) is 3.93. The first-order chi connectivity index (χ1) is 6.70. The highest BCUT2D eigenvalue weighted by atomic mass is 15.2. The van der Waals surface area contributed by atoms with E-state index in [1.807, 2.05) is 13.8 Å². The monoisotopic (exact) mass is 199 g/mol. The van der Waals surface area contributed by atoms with Crippen LogP contribution in [0.4, 0.5) is 0 Å². The average Bonchev–Trinajstić information content (AvgIpc) is 2.55. The summed E-state index contributed by atoms with van der Waals surface area (Å²) in [5.41, 5.74) is 0. The Kier molecular flexibility index (Phi) is 8.26. The van der Waals surface area contributed by atoms with Crippen molar-refractivity contribution in [3.8, 4) is 0 Å². The lowest BCUT2D eigenvalue weighted by molar-refractivity contribution is 0.258. The Hall–Kier alpha value is -0.0400. The highest BCUT2D eigenvalue weighted by molar-refractivity contribution is 4.74. The van der Waals surface area contributed by atoms with Crippen LogP contribution in [0.5, 0.6) is 0 Å². The highest BCUT2D eigenvalue weighted by Gasteiger charge is 2.18. The van der Waals surface area contributed by atoms with Gasteiger partial charge < -0.3 is 4.90 Å². The van der Waals surface area contributed by atoms with Gasteiger partial charge in [-0.1, -0.05) is 27.7 Å². The highest BCUT2D eigenvalue weighted by Crippen LogP contribution is 2.17. The quantitative estimate of drug-likeness (QED) is 0.663. The van der Waals surface area contributed by atoms with Crippen LogP contribution in [0.25, 0.3) is 0 Å². The third-order valence-electron chi connectivity index (χ3n) is 2.92. The maximum atomic E-state index is 2.64. The minimum atomic E-state index is 0.858. The van der Waals surface area contributed by atoms with Gasteiger partial charge in [0.25, 0.3) is 0 Å². The molecule has 1 nitrogen and oxygen atoms in total. The van der Waals surface area contributed by atoms with Crippen LogP contribution in [-0.4, -0.2) is 24.0 Å². The summed E-state index contributed by atoms with van der Waals surface area (Å²) >= 11 is 0. The van der Waals surface area contributed by atoms with Gasteiger partial charge in [0.05, 0.1) is 0 Å². The van der Waals surface area contributed by atoms with Gasteiger partial charge in [-0.2, -0.15) is 0 Å². The Morgan fingerprint density at radius 3 is 2.36 bits per heavy atom. The molecule has 0 aliphatic carbocycles. The van der Waals surface area contributed by atoms with Crippen molar-refractivity contribution in [2.24, 2.45) is 5.92 Å². The molecule has 0 aromatic rings. The summed E-state index contributed by atoms with van der Waals surface area (Å²) in [7, 11) is 0. The molecule has 1 unspecified atom stereocenters. The fourth-order valence-electron chi connectivity index (χ4n) is 2.03. The molecule has 0 radical (unpaired) electrons. The zero-order chi connectivity index (χ0) is 11.0. The van der Waals surface area contributed by atoms with Crippen molar-refractivity contribution in [2.75, 3.05) is 13.1 Å². The number of likely N-dealkylation sites (tertiary alicyclic amines) is 1. The summed E-state index contributed by atoms with van der Waals surface area (Å²) in [6.07, 6.45) is 5.62. The Labute approximate surface area is 90.9 Å². The third kappa shape index (κ3) is 5.64. The van der Waals surface area contributed by atoms with Gasteiger partial charge in [0, 0.05) is 6.04 Å². The molecule has 0 amide bonds. The van der Waals surface area contributed by atoms with Crippen molar-refractivity contribution >= 4 is 0 Å². The van der Waals surface area contributed by atoms with E-state index in [2.05, 4.69) is 25.7 Å². The SMILES string of the molecule is CC.CC(C)CCCN1CCCC1C. The second-order valence-corrected chi connectivity index (χ2v) is 4.56. The van der Waals surface area contributed by atoms with Crippen LogP contribution in [0.2, 0.25) is 0 Å². The molecule has 0 spiro atoms. The maximum Gasteiger partial charge on any atom is 0.00674 e. The van der Waals surface area contributed by atoms with E-state index in [0.717, 1.165) is 12.0 Å². The molecule has 1 saturated heterocycles. The molecule has 0 aromatic carbocycles. The summed E-state index contributed by atoms with van der Waals surface area (Å²) in [4.78, 5) is 2.64. The van der Waals surface area contributed by atoms with Crippen LogP contribution >= 0.6 is 0 Å².